The van der Waals surface area contributed by atoms with Crippen molar-refractivity contribution in [1.82, 2.24) is 4.90 Å². The molecule has 33 heavy (non-hydrogen) atoms. The molecule has 176 valence electrons. The van der Waals surface area contributed by atoms with Crippen LogP contribution in [0, 0.1) is 6.92 Å². The van der Waals surface area contributed by atoms with E-state index < -0.39 is 16.0 Å². The van der Waals surface area contributed by atoms with Crippen LogP contribution < -0.4 is 14.2 Å². The predicted molar refractivity (Wildman–Crippen MR) is 121 cm³/mol. The van der Waals surface area contributed by atoms with Crippen LogP contribution in [0.4, 0.5) is 5.69 Å². The first kappa shape index (κ1) is 22.9. The van der Waals surface area contributed by atoms with Crippen LogP contribution in [0.5, 0.6) is 11.5 Å². The Morgan fingerprint density at radius 2 is 1.88 bits per heavy atom. The maximum atomic E-state index is 13.0. The highest BCUT2D eigenvalue weighted by molar-refractivity contribution is 7.92. The largest absolute Gasteiger partial charge is 0.486 e. The summed E-state index contributed by atoms with van der Waals surface area (Å²) in [5.41, 5.74) is 1.08. The number of piperidine rings is 1. The highest BCUT2D eigenvalue weighted by Gasteiger charge is 2.28. The minimum atomic E-state index is -4.13. The van der Waals surface area contributed by atoms with Crippen LogP contribution in [0.3, 0.4) is 0 Å². The number of nitrogens with one attached hydrogen (secondary N) is 1. The van der Waals surface area contributed by atoms with Crippen LogP contribution in [0.25, 0.3) is 0 Å². The van der Waals surface area contributed by atoms with Crippen molar-refractivity contribution >= 4 is 27.6 Å². The number of carbonyl (C=O) groups excluding carboxylic acids is 1. The summed E-state index contributed by atoms with van der Waals surface area (Å²) in [6.07, 6.45) is 3.05. The van der Waals surface area contributed by atoms with E-state index in [9.17, 15) is 23.1 Å². The number of likely N-dealkylation sites (tertiary alicyclic amines) is 1. The molecular formula is C23H26N2O7S. The van der Waals surface area contributed by atoms with Gasteiger partial charge in [-0.25, -0.2) is 13.2 Å². The molecule has 1 saturated heterocycles. The molecule has 2 aliphatic rings. The number of hydrogen-bond donors (Lipinski definition) is 2. The summed E-state index contributed by atoms with van der Waals surface area (Å²) in [6.45, 7) is 4.82. The van der Waals surface area contributed by atoms with Gasteiger partial charge in [0.2, 0.25) is 0 Å². The van der Waals surface area contributed by atoms with Crippen molar-refractivity contribution in [3.63, 3.8) is 0 Å². The Balaban J connectivity index is 1.60. The highest BCUT2D eigenvalue weighted by Crippen LogP contribution is 2.37. The predicted octanol–water partition coefficient (Wildman–Crippen LogP) is 3.28. The maximum absolute atomic E-state index is 13.0. The minimum Gasteiger partial charge on any atom is -0.486 e. The van der Waals surface area contributed by atoms with Crippen molar-refractivity contribution in [3.8, 4) is 11.5 Å². The Morgan fingerprint density at radius 3 is 2.58 bits per heavy atom. The van der Waals surface area contributed by atoms with Crippen molar-refractivity contribution in [2.45, 2.75) is 44.0 Å². The molecule has 1 fully saturated rings. The molecule has 0 spiro atoms. The van der Waals surface area contributed by atoms with Crippen LogP contribution >= 0.6 is 0 Å². The van der Waals surface area contributed by atoms with E-state index in [2.05, 4.69) is 4.72 Å². The second-order valence-corrected chi connectivity index (χ2v) is 9.96. The second-order valence-electron chi connectivity index (χ2n) is 8.28. The molecule has 0 aliphatic carbocycles. The van der Waals surface area contributed by atoms with Crippen molar-refractivity contribution in [3.05, 3.63) is 47.0 Å². The number of carboxylic acid groups (broad SMARTS) is 1. The Labute approximate surface area is 192 Å². The van der Waals surface area contributed by atoms with Crippen molar-refractivity contribution in [2.24, 2.45) is 0 Å². The second kappa shape index (κ2) is 8.93. The number of aryl methyl sites for hydroxylation is 1. The zero-order chi connectivity index (χ0) is 23.8. The lowest BCUT2D eigenvalue weighted by Gasteiger charge is -2.33. The molecule has 0 radical (unpaired) electrons. The number of nitrogens with zero attached hydrogens (tertiary/aromatic N) is 1. The van der Waals surface area contributed by atoms with Crippen molar-refractivity contribution in [2.75, 3.05) is 24.5 Å². The van der Waals surface area contributed by atoms with Crippen LogP contribution in [-0.2, 0) is 10.0 Å². The van der Waals surface area contributed by atoms with Gasteiger partial charge in [0.15, 0.2) is 11.5 Å². The molecule has 1 unspecified atom stereocenters. The van der Waals surface area contributed by atoms with Gasteiger partial charge in [-0.2, -0.15) is 0 Å². The van der Waals surface area contributed by atoms with Gasteiger partial charge in [0.1, 0.15) is 18.8 Å². The zero-order valence-electron chi connectivity index (χ0n) is 18.5. The Kier molecular flexibility index (Phi) is 6.20. The molecule has 0 aromatic heterocycles. The summed E-state index contributed by atoms with van der Waals surface area (Å²) in [6, 6.07) is 7.26. The lowest BCUT2D eigenvalue weighted by atomic mass is 10.0. The first-order chi connectivity index (χ1) is 15.7. The van der Waals surface area contributed by atoms with Crippen LogP contribution in [0.1, 0.15) is 52.5 Å². The molecule has 1 atom stereocenters. The summed E-state index contributed by atoms with van der Waals surface area (Å²) in [5, 5.41) is 9.49. The van der Waals surface area contributed by atoms with Gasteiger partial charge in [0.25, 0.3) is 15.9 Å². The molecule has 0 saturated carbocycles. The smallest absolute Gasteiger partial charge is 0.339 e. The van der Waals surface area contributed by atoms with Crippen molar-refractivity contribution < 1.29 is 32.6 Å². The number of carboxylic acids is 1. The molecule has 2 aromatic carbocycles. The van der Waals surface area contributed by atoms with E-state index in [0.717, 1.165) is 25.3 Å². The lowest BCUT2D eigenvalue weighted by molar-refractivity contribution is 0.0634. The number of benzene rings is 2. The third-order valence-electron chi connectivity index (χ3n) is 5.94. The van der Waals surface area contributed by atoms with E-state index in [1.807, 2.05) is 11.8 Å². The van der Waals surface area contributed by atoms with Gasteiger partial charge in [-0.05, 0) is 62.9 Å². The fourth-order valence-corrected chi connectivity index (χ4v) is 5.29. The van der Waals surface area contributed by atoms with Crippen LogP contribution in [0.2, 0.25) is 0 Å². The summed E-state index contributed by atoms with van der Waals surface area (Å²) >= 11 is 0. The van der Waals surface area contributed by atoms with Crippen LogP contribution in [-0.4, -0.2) is 56.1 Å². The minimum absolute atomic E-state index is 0.0127. The number of ether oxygens (including phenoxy) is 2. The van der Waals surface area contributed by atoms with Gasteiger partial charge < -0.3 is 19.5 Å². The monoisotopic (exact) mass is 474 g/mol. The van der Waals surface area contributed by atoms with E-state index >= 15 is 0 Å². The summed E-state index contributed by atoms with van der Waals surface area (Å²) in [7, 11) is -4.13. The van der Waals surface area contributed by atoms with Crippen LogP contribution in [0.15, 0.2) is 35.2 Å². The number of amides is 1. The molecule has 2 aliphatic heterocycles. The first-order valence-corrected chi connectivity index (χ1v) is 12.3. The summed E-state index contributed by atoms with van der Waals surface area (Å²) < 4.78 is 39.4. The molecule has 2 N–H and O–H groups in total. The molecule has 9 nitrogen and oxygen atoms in total. The average molecular weight is 475 g/mol. The van der Waals surface area contributed by atoms with Crippen molar-refractivity contribution in [1.29, 1.82) is 0 Å². The van der Waals surface area contributed by atoms with E-state index in [1.54, 1.807) is 25.1 Å². The number of anilines is 1. The summed E-state index contributed by atoms with van der Waals surface area (Å²) in [5.74, 6) is -1.31. The topological polar surface area (TPSA) is 122 Å². The molecule has 10 heteroatoms. The molecule has 4 rings (SSSR count). The lowest BCUT2D eigenvalue weighted by Crippen LogP contribution is -2.42. The Hall–Kier alpha value is -3.27. The van der Waals surface area contributed by atoms with Gasteiger partial charge in [0, 0.05) is 24.2 Å². The number of rotatable bonds is 5. The fourth-order valence-electron chi connectivity index (χ4n) is 4.12. The molecule has 2 heterocycles. The standard InChI is InChI=1S/C23H26N2O7S/c1-14-11-16(22(26)25-8-4-3-5-15(25)2)6-7-19(14)24-33(29,30)17-12-18(23(27)28)21-20(13-17)31-9-10-32-21/h6-7,11-13,15,24H,3-5,8-10H2,1-2H3,(H,27,28). The van der Waals surface area contributed by atoms with Gasteiger partial charge in [0.05, 0.1) is 10.6 Å². The first-order valence-electron chi connectivity index (χ1n) is 10.8. The van der Waals surface area contributed by atoms with E-state index in [4.69, 9.17) is 9.47 Å². The quantitative estimate of drug-likeness (QED) is 0.682. The van der Waals surface area contributed by atoms with E-state index in [-0.39, 0.29) is 47.1 Å². The Morgan fingerprint density at radius 1 is 1.12 bits per heavy atom. The maximum Gasteiger partial charge on any atom is 0.339 e. The zero-order valence-corrected chi connectivity index (χ0v) is 19.3. The molecule has 0 bridgehead atoms. The van der Waals surface area contributed by atoms with Gasteiger partial charge >= 0.3 is 5.97 Å². The number of fused-ring (bicyclic) bond motifs is 1. The van der Waals surface area contributed by atoms with Gasteiger partial charge in [-0.3, -0.25) is 9.52 Å². The third-order valence-corrected chi connectivity index (χ3v) is 7.28. The van der Waals surface area contributed by atoms with E-state index in [1.165, 1.54) is 6.07 Å². The fraction of sp³-hybridized carbons (Fsp3) is 0.391. The summed E-state index contributed by atoms with van der Waals surface area (Å²) in [4.78, 5) is 26.2. The average Bonchev–Trinajstić information content (AvgIpc) is 2.79. The molecule has 1 amide bonds. The number of carbonyl (C=O) groups is 2. The van der Waals surface area contributed by atoms with Gasteiger partial charge in [-0.15, -0.1) is 0 Å². The normalized spacial score (nSPS) is 18.0. The SMILES string of the molecule is Cc1cc(C(=O)N2CCCCC2C)ccc1NS(=O)(=O)c1cc2c(c(C(=O)O)c1)OCCO2. The number of sulfonamides is 1. The van der Waals surface area contributed by atoms with Gasteiger partial charge in [-0.1, -0.05) is 0 Å². The Bertz CT molecular complexity index is 1210. The molecule has 2 aromatic rings. The number of aromatic carboxylic acids is 1. The highest BCUT2D eigenvalue weighted by atomic mass is 32.2. The number of hydrogen-bond acceptors (Lipinski definition) is 6. The molecular weight excluding hydrogens is 448 g/mol. The van der Waals surface area contributed by atoms with E-state index in [0.29, 0.717) is 23.4 Å². The third kappa shape index (κ3) is 4.61.